The van der Waals surface area contributed by atoms with E-state index in [0.29, 0.717) is 42.1 Å². The second-order valence-corrected chi connectivity index (χ2v) is 11.3. The monoisotopic (exact) mass is 556 g/mol. The van der Waals surface area contributed by atoms with E-state index in [0.717, 1.165) is 37.0 Å². The predicted molar refractivity (Wildman–Crippen MR) is 162 cm³/mol. The molecule has 40 heavy (non-hydrogen) atoms. The molecule has 0 aliphatic heterocycles. The summed E-state index contributed by atoms with van der Waals surface area (Å²) in [4.78, 5) is 0. The van der Waals surface area contributed by atoms with Gasteiger partial charge in [-0.25, -0.2) is 0 Å². The number of hydrogen-bond acceptors (Lipinski definition) is 8. The summed E-state index contributed by atoms with van der Waals surface area (Å²) in [5.74, 6) is 3.00. The molecule has 0 aromatic heterocycles. The zero-order valence-electron chi connectivity index (χ0n) is 24.5. The summed E-state index contributed by atoms with van der Waals surface area (Å²) in [5.41, 5.74) is 25.8. The fraction of sp³-hybridized carbons (Fsp3) is 0.625. The van der Waals surface area contributed by atoms with Gasteiger partial charge >= 0.3 is 0 Å². The smallest absolute Gasteiger partial charge is 0.140 e. The third kappa shape index (κ3) is 9.35. The molecule has 1 aliphatic carbocycles. The van der Waals surface area contributed by atoms with E-state index in [1.165, 1.54) is 25.7 Å². The molecule has 0 amide bonds. The molecule has 0 bridgehead atoms. The van der Waals surface area contributed by atoms with E-state index in [4.69, 9.17) is 37.1 Å². The van der Waals surface area contributed by atoms with E-state index in [-0.39, 0.29) is 13.1 Å². The van der Waals surface area contributed by atoms with Gasteiger partial charge in [-0.05, 0) is 73.4 Å². The first-order valence-electron chi connectivity index (χ1n) is 15.2. The second kappa shape index (κ2) is 16.8. The summed E-state index contributed by atoms with van der Waals surface area (Å²) in [6.45, 7) is 6.05. The molecule has 0 heterocycles. The molecule has 1 aliphatic rings. The number of hydrogen-bond donors (Lipinski definition) is 5. The standard InChI is InChI=1S/C32H52N4O4/c1-3-8-22(9-4-2)20-39-26-14-15-30(27(17-26)31(37)28(35)18-33)40-32(29(36)19-34)24-12-7-13-25(16-24)38-21-23-10-5-6-11-23/h7,12-17,22-23,28-29,31-32,37H,3-6,8-11,18-21,33-36H2,1-2H3/t28-,29-,31+,32+/m1/s1. The Morgan fingerprint density at radius 1 is 0.875 bits per heavy atom. The van der Waals surface area contributed by atoms with Crippen molar-refractivity contribution in [3.63, 3.8) is 0 Å². The Morgan fingerprint density at radius 2 is 1.55 bits per heavy atom. The van der Waals surface area contributed by atoms with Crippen molar-refractivity contribution in [2.24, 2.45) is 34.8 Å². The molecule has 8 nitrogen and oxygen atoms in total. The number of ether oxygens (including phenoxy) is 3. The molecule has 224 valence electrons. The summed E-state index contributed by atoms with van der Waals surface area (Å²) in [6, 6.07) is 12.1. The summed E-state index contributed by atoms with van der Waals surface area (Å²) in [7, 11) is 0. The zero-order valence-corrected chi connectivity index (χ0v) is 24.5. The molecule has 2 aromatic rings. The number of benzene rings is 2. The molecular formula is C32H52N4O4. The lowest BCUT2D eigenvalue weighted by molar-refractivity contribution is 0.130. The Bertz CT molecular complexity index is 995. The lowest BCUT2D eigenvalue weighted by Crippen LogP contribution is -2.39. The van der Waals surface area contributed by atoms with Crippen LogP contribution in [0.15, 0.2) is 42.5 Å². The molecular weight excluding hydrogens is 504 g/mol. The average molecular weight is 557 g/mol. The number of rotatable bonds is 18. The minimum absolute atomic E-state index is 0.118. The molecule has 3 rings (SSSR count). The highest BCUT2D eigenvalue weighted by Gasteiger charge is 2.27. The van der Waals surface area contributed by atoms with Crippen LogP contribution in [0.5, 0.6) is 17.2 Å². The Kier molecular flexibility index (Phi) is 13.5. The summed E-state index contributed by atoms with van der Waals surface area (Å²) >= 11 is 0. The highest BCUT2D eigenvalue weighted by atomic mass is 16.5. The van der Waals surface area contributed by atoms with Gasteiger partial charge in [-0.2, -0.15) is 0 Å². The van der Waals surface area contributed by atoms with Gasteiger partial charge in [0, 0.05) is 24.7 Å². The first-order valence-corrected chi connectivity index (χ1v) is 15.2. The fourth-order valence-corrected chi connectivity index (χ4v) is 5.49. The van der Waals surface area contributed by atoms with Crippen molar-refractivity contribution in [3.05, 3.63) is 53.6 Å². The molecule has 0 saturated heterocycles. The van der Waals surface area contributed by atoms with Crippen LogP contribution < -0.4 is 37.1 Å². The quantitative estimate of drug-likeness (QED) is 0.179. The van der Waals surface area contributed by atoms with Crippen molar-refractivity contribution in [2.45, 2.75) is 89.5 Å². The van der Waals surface area contributed by atoms with Crippen LogP contribution in [0.4, 0.5) is 0 Å². The van der Waals surface area contributed by atoms with E-state index in [2.05, 4.69) is 13.8 Å². The molecule has 8 heteroatoms. The summed E-state index contributed by atoms with van der Waals surface area (Å²) in [6.07, 6.45) is 7.85. The minimum atomic E-state index is -1.04. The average Bonchev–Trinajstić information content (AvgIpc) is 3.51. The van der Waals surface area contributed by atoms with E-state index in [9.17, 15) is 5.11 Å². The van der Waals surface area contributed by atoms with Crippen molar-refractivity contribution in [2.75, 3.05) is 26.3 Å². The van der Waals surface area contributed by atoms with Gasteiger partial charge in [-0.3, -0.25) is 0 Å². The van der Waals surface area contributed by atoms with E-state index in [1.807, 2.05) is 36.4 Å². The largest absolute Gasteiger partial charge is 0.493 e. The van der Waals surface area contributed by atoms with Crippen LogP contribution in [0.2, 0.25) is 0 Å². The van der Waals surface area contributed by atoms with E-state index >= 15 is 0 Å². The van der Waals surface area contributed by atoms with E-state index in [1.54, 1.807) is 6.07 Å². The first kappa shape index (κ1) is 32.2. The minimum Gasteiger partial charge on any atom is -0.493 e. The molecule has 9 N–H and O–H groups in total. The Morgan fingerprint density at radius 3 is 2.20 bits per heavy atom. The molecule has 0 radical (unpaired) electrons. The van der Waals surface area contributed by atoms with Gasteiger partial charge < -0.3 is 42.3 Å². The molecule has 0 spiro atoms. The lowest BCUT2D eigenvalue weighted by atomic mass is 9.99. The molecule has 1 saturated carbocycles. The highest BCUT2D eigenvalue weighted by Crippen LogP contribution is 2.36. The number of aliphatic hydroxyl groups is 1. The van der Waals surface area contributed by atoms with Gasteiger partial charge in [0.15, 0.2) is 0 Å². The fourth-order valence-electron chi connectivity index (χ4n) is 5.49. The second-order valence-electron chi connectivity index (χ2n) is 11.3. The predicted octanol–water partition coefficient (Wildman–Crippen LogP) is 4.58. The number of nitrogens with two attached hydrogens (primary N) is 4. The molecule has 1 fully saturated rings. The molecule has 2 aromatic carbocycles. The first-order chi connectivity index (χ1) is 19.4. The Labute approximate surface area is 240 Å². The summed E-state index contributed by atoms with van der Waals surface area (Å²) in [5, 5.41) is 11.1. The maximum absolute atomic E-state index is 11.1. The lowest BCUT2D eigenvalue weighted by Gasteiger charge is -2.28. The third-order valence-corrected chi connectivity index (χ3v) is 7.92. The Balaban J connectivity index is 1.85. The molecule has 4 atom stereocenters. The maximum Gasteiger partial charge on any atom is 0.140 e. The maximum atomic E-state index is 11.1. The van der Waals surface area contributed by atoms with Crippen molar-refractivity contribution in [1.82, 2.24) is 0 Å². The van der Waals surface area contributed by atoms with Crippen LogP contribution >= 0.6 is 0 Å². The van der Waals surface area contributed by atoms with Crippen LogP contribution in [-0.2, 0) is 0 Å². The third-order valence-electron chi connectivity index (χ3n) is 7.92. The topological polar surface area (TPSA) is 152 Å². The van der Waals surface area contributed by atoms with Crippen molar-refractivity contribution in [1.29, 1.82) is 0 Å². The van der Waals surface area contributed by atoms with Crippen LogP contribution in [-0.4, -0.2) is 43.5 Å². The number of aliphatic hydroxyl groups excluding tert-OH is 1. The van der Waals surface area contributed by atoms with Gasteiger partial charge in [0.25, 0.3) is 0 Å². The van der Waals surface area contributed by atoms with Gasteiger partial charge in [0.1, 0.15) is 23.4 Å². The van der Waals surface area contributed by atoms with Crippen molar-refractivity contribution < 1.29 is 19.3 Å². The SMILES string of the molecule is CCCC(CCC)COc1ccc(O[C@@H](c2cccc(OCC3CCCC3)c2)[C@H](N)CN)c([C@H](O)[C@H](N)CN)c1. The van der Waals surface area contributed by atoms with Crippen LogP contribution in [0.3, 0.4) is 0 Å². The van der Waals surface area contributed by atoms with Gasteiger partial charge in [-0.1, -0.05) is 51.7 Å². The normalized spacial score (nSPS) is 17.0. The van der Waals surface area contributed by atoms with E-state index < -0.39 is 24.3 Å². The van der Waals surface area contributed by atoms with Gasteiger partial charge in [0.05, 0.1) is 25.4 Å². The highest BCUT2D eigenvalue weighted by molar-refractivity contribution is 5.43. The summed E-state index contributed by atoms with van der Waals surface area (Å²) < 4.78 is 18.8. The van der Waals surface area contributed by atoms with Crippen LogP contribution in [0, 0.1) is 11.8 Å². The zero-order chi connectivity index (χ0) is 28.9. The van der Waals surface area contributed by atoms with Gasteiger partial charge in [0.2, 0.25) is 0 Å². The van der Waals surface area contributed by atoms with Gasteiger partial charge in [-0.15, -0.1) is 0 Å². The van der Waals surface area contributed by atoms with Crippen LogP contribution in [0.1, 0.15) is 88.5 Å². The van der Waals surface area contributed by atoms with Crippen LogP contribution in [0.25, 0.3) is 0 Å². The van der Waals surface area contributed by atoms with Crippen molar-refractivity contribution >= 4 is 0 Å². The Hall–Kier alpha value is -2.36. The van der Waals surface area contributed by atoms with Crippen molar-refractivity contribution in [3.8, 4) is 17.2 Å². The molecule has 0 unspecified atom stereocenters.